The third-order valence-corrected chi connectivity index (χ3v) is 4.42. The molecule has 0 aliphatic carbocycles. The molecule has 0 unspecified atom stereocenters. The van der Waals surface area contributed by atoms with Crippen LogP contribution >= 0.6 is 15.9 Å². The van der Waals surface area contributed by atoms with Crippen LogP contribution in [0.3, 0.4) is 0 Å². The van der Waals surface area contributed by atoms with Crippen molar-refractivity contribution in [3.05, 3.63) is 52.4 Å². The predicted molar refractivity (Wildman–Crippen MR) is 80.0 cm³/mol. The summed E-state index contributed by atoms with van der Waals surface area (Å²) >= 11 is 3.24. The predicted octanol–water partition coefficient (Wildman–Crippen LogP) is 1.96. The Morgan fingerprint density at radius 2 is 2.10 bits per heavy atom. The molecule has 0 fully saturated rings. The molecule has 112 valence electrons. The molecule has 21 heavy (non-hydrogen) atoms. The van der Waals surface area contributed by atoms with Crippen LogP contribution in [-0.4, -0.2) is 26.3 Å². The summed E-state index contributed by atoms with van der Waals surface area (Å²) in [5, 5.41) is 5.08. The molecule has 2 rings (SSSR count). The number of halogens is 1. The summed E-state index contributed by atoms with van der Waals surface area (Å²) < 4.78 is 28.4. The van der Waals surface area contributed by atoms with E-state index in [4.69, 9.17) is 9.56 Å². The van der Waals surface area contributed by atoms with E-state index >= 15 is 0 Å². The Kier molecular flexibility index (Phi) is 4.50. The topological polar surface area (TPSA) is 93.6 Å². The third kappa shape index (κ3) is 3.72. The SMILES string of the molecule is CN(Cc1ccco1)C(=O)c1cc(S(N)(=O)=O)ccc1Br. The van der Waals surface area contributed by atoms with Gasteiger partial charge in [0.05, 0.1) is 23.3 Å². The average Bonchev–Trinajstić information content (AvgIpc) is 2.90. The second-order valence-corrected chi connectivity index (χ2v) is 6.84. The zero-order chi connectivity index (χ0) is 15.6. The van der Waals surface area contributed by atoms with Crippen molar-refractivity contribution in [2.24, 2.45) is 5.14 Å². The van der Waals surface area contributed by atoms with Gasteiger partial charge >= 0.3 is 0 Å². The van der Waals surface area contributed by atoms with Crippen LogP contribution < -0.4 is 5.14 Å². The molecule has 1 heterocycles. The maximum Gasteiger partial charge on any atom is 0.255 e. The minimum atomic E-state index is -3.86. The maximum atomic E-state index is 12.4. The number of amides is 1. The number of carbonyl (C=O) groups excluding carboxylic acids is 1. The standard InChI is InChI=1S/C13H13BrN2O4S/c1-16(8-9-3-2-6-20-9)13(17)11-7-10(21(15,18)19)4-5-12(11)14/h2-7H,8H2,1H3,(H2,15,18,19). The maximum absolute atomic E-state index is 12.4. The Balaban J connectivity index is 2.30. The Bertz CT molecular complexity index is 756. The zero-order valence-corrected chi connectivity index (χ0v) is 13.5. The fraction of sp³-hybridized carbons (Fsp3) is 0.154. The van der Waals surface area contributed by atoms with Crippen molar-refractivity contribution < 1.29 is 17.6 Å². The number of nitrogens with zero attached hydrogens (tertiary/aromatic N) is 1. The smallest absolute Gasteiger partial charge is 0.255 e. The minimum Gasteiger partial charge on any atom is -0.467 e. The average molecular weight is 373 g/mol. The molecule has 0 spiro atoms. The summed E-state index contributed by atoms with van der Waals surface area (Å²) in [4.78, 5) is 13.7. The highest BCUT2D eigenvalue weighted by atomic mass is 79.9. The lowest BCUT2D eigenvalue weighted by molar-refractivity contribution is 0.0774. The van der Waals surface area contributed by atoms with E-state index in [0.717, 1.165) is 0 Å². The van der Waals surface area contributed by atoms with E-state index in [0.29, 0.717) is 10.2 Å². The molecule has 1 aromatic carbocycles. The van der Waals surface area contributed by atoms with Crippen LogP contribution in [0.1, 0.15) is 16.1 Å². The first-order valence-corrected chi connectivity index (χ1v) is 8.23. The van der Waals surface area contributed by atoms with Gasteiger partial charge in [0.1, 0.15) is 5.76 Å². The van der Waals surface area contributed by atoms with Crippen LogP contribution in [0.25, 0.3) is 0 Å². The Labute approximate surface area is 130 Å². The number of hydrogen-bond donors (Lipinski definition) is 1. The van der Waals surface area contributed by atoms with Gasteiger partial charge in [0.2, 0.25) is 10.0 Å². The van der Waals surface area contributed by atoms with Gasteiger partial charge in [0, 0.05) is 11.5 Å². The molecule has 0 radical (unpaired) electrons. The first-order valence-electron chi connectivity index (χ1n) is 5.89. The van der Waals surface area contributed by atoms with Gasteiger partial charge < -0.3 is 9.32 Å². The van der Waals surface area contributed by atoms with E-state index in [1.165, 1.54) is 29.4 Å². The number of furan rings is 1. The van der Waals surface area contributed by atoms with Crippen LogP contribution in [0.2, 0.25) is 0 Å². The van der Waals surface area contributed by atoms with Gasteiger partial charge in [0.25, 0.3) is 5.91 Å². The quantitative estimate of drug-likeness (QED) is 0.887. The number of sulfonamides is 1. The number of nitrogens with two attached hydrogens (primary N) is 1. The molecule has 0 bridgehead atoms. The summed E-state index contributed by atoms with van der Waals surface area (Å²) in [5.74, 6) is 0.286. The monoisotopic (exact) mass is 372 g/mol. The van der Waals surface area contributed by atoms with E-state index in [1.807, 2.05) is 0 Å². The van der Waals surface area contributed by atoms with Crippen LogP contribution in [0.4, 0.5) is 0 Å². The van der Waals surface area contributed by atoms with Gasteiger partial charge in [-0.3, -0.25) is 4.79 Å². The normalized spacial score (nSPS) is 11.4. The van der Waals surface area contributed by atoms with Gasteiger partial charge in [-0.1, -0.05) is 0 Å². The molecule has 0 saturated carbocycles. The van der Waals surface area contributed by atoms with Crippen molar-refractivity contribution in [3.8, 4) is 0 Å². The molecular formula is C13H13BrN2O4S. The highest BCUT2D eigenvalue weighted by Gasteiger charge is 2.19. The van der Waals surface area contributed by atoms with Gasteiger partial charge in [-0.2, -0.15) is 0 Å². The largest absolute Gasteiger partial charge is 0.467 e. The highest BCUT2D eigenvalue weighted by Crippen LogP contribution is 2.22. The van der Waals surface area contributed by atoms with Crippen LogP contribution in [-0.2, 0) is 16.6 Å². The van der Waals surface area contributed by atoms with E-state index in [-0.39, 0.29) is 22.9 Å². The Morgan fingerprint density at radius 1 is 1.38 bits per heavy atom. The molecule has 1 aromatic heterocycles. The van der Waals surface area contributed by atoms with Crippen molar-refractivity contribution in [1.29, 1.82) is 0 Å². The van der Waals surface area contributed by atoms with Crippen LogP contribution in [0.15, 0.2) is 50.4 Å². The fourth-order valence-corrected chi connectivity index (χ4v) is 2.72. The van der Waals surface area contributed by atoms with Crippen molar-refractivity contribution in [3.63, 3.8) is 0 Å². The number of rotatable bonds is 4. The third-order valence-electron chi connectivity index (χ3n) is 2.82. The molecule has 6 nitrogen and oxygen atoms in total. The van der Waals surface area contributed by atoms with E-state index in [1.54, 1.807) is 19.2 Å². The lowest BCUT2D eigenvalue weighted by atomic mass is 10.2. The first kappa shape index (κ1) is 15.7. The number of carbonyl (C=O) groups is 1. The zero-order valence-electron chi connectivity index (χ0n) is 11.1. The van der Waals surface area contributed by atoms with Gasteiger partial charge in [-0.15, -0.1) is 0 Å². The highest BCUT2D eigenvalue weighted by molar-refractivity contribution is 9.10. The fourth-order valence-electron chi connectivity index (χ4n) is 1.76. The van der Waals surface area contributed by atoms with E-state index < -0.39 is 10.0 Å². The molecule has 0 aliphatic heterocycles. The Hall–Kier alpha value is -1.64. The van der Waals surface area contributed by atoms with E-state index in [9.17, 15) is 13.2 Å². The molecule has 0 aliphatic rings. The lowest BCUT2D eigenvalue weighted by Gasteiger charge is -2.17. The van der Waals surface area contributed by atoms with Crippen LogP contribution in [0.5, 0.6) is 0 Å². The first-order chi connectivity index (χ1) is 9.79. The van der Waals surface area contributed by atoms with E-state index in [2.05, 4.69) is 15.9 Å². The summed E-state index contributed by atoms with van der Waals surface area (Å²) in [6.45, 7) is 0.276. The molecule has 0 atom stereocenters. The Morgan fingerprint density at radius 3 is 2.67 bits per heavy atom. The summed E-state index contributed by atoms with van der Waals surface area (Å²) in [7, 11) is -2.26. The van der Waals surface area contributed by atoms with Crippen molar-refractivity contribution in [2.45, 2.75) is 11.4 Å². The molecule has 8 heteroatoms. The number of benzene rings is 1. The molecule has 0 saturated heterocycles. The lowest BCUT2D eigenvalue weighted by Crippen LogP contribution is -2.26. The number of hydrogen-bond acceptors (Lipinski definition) is 4. The number of primary sulfonamides is 1. The molecule has 1 amide bonds. The van der Waals surface area contributed by atoms with Gasteiger partial charge in [-0.25, -0.2) is 13.6 Å². The summed E-state index contributed by atoms with van der Waals surface area (Å²) in [6.07, 6.45) is 1.52. The van der Waals surface area contributed by atoms with Gasteiger partial charge in [-0.05, 0) is 46.3 Å². The molecular weight excluding hydrogens is 360 g/mol. The van der Waals surface area contributed by atoms with Crippen molar-refractivity contribution in [1.82, 2.24) is 4.90 Å². The second kappa shape index (κ2) is 6.00. The minimum absolute atomic E-state index is 0.111. The second-order valence-electron chi connectivity index (χ2n) is 4.43. The van der Waals surface area contributed by atoms with Crippen molar-refractivity contribution in [2.75, 3.05) is 7.05 Å². The van der Waals surface area contributed by atoms with Crippen molar-refractivity contribution >= 4 is 31.9 Å². The molecule has 2 aromatic rings. The molecule has 2 N–H and O–H groups in total. The summed E-state index contributed by atoms with van der Waals surface area (Å²) in [5.41, 5.74) is 0.218. The van der Waals surface area contributed by atoms with Gasteiger partial charge in [0.15, 0.2) is 0 Å². The van der Waals surface area contributed by atoms with Crippen LogP contribution in [0, 0.1) is 0 Å². The summed E-state index contributed by atoms with van der Waals surface area (Å²) in [6, 6.07) is 7.54.